The summed E-state index contributed by atoms with van der Waals surface area (Å²) in [6.45, 7) is 6.05. The van der Waals surface area contributed by atoms with Crippen LogP contribution >= 0.6 is 0 Å². The third-order valence-corrected chi connectivity index (χ3v) is 6.77. The normalized spacial score (nSPS) is 13.3. The van der Waals surface area contributed by atoms with E-state index in [1.54, 1.807) is 12.1 Å². The van der Waals surface area contributed by atoms with Crippen LogP contribution in [0.4, 0.5) is 23.2 Å². The maximum Gasteiger partial charge on any atom is 0.416 e. The van der Waals surface area contributed by atoms with Gasteiger partial charge in [0.1, 0.15) is 11.6 Å². The number of rotatable bonds is 10. The molecule has 1 aliphatic heterocycles. The predicted octanol–water partition coefficient (Wildman–Crippen LogP) is 5.82. The summed E-state index contributed by atoms with van der Waals surface area (Å²) in [5.74, 6) is -0.677. The molecule has 0 radical (unpaired) electrons. The van der Waals surface area contributed by atoms with Crippen molar-refractivity contribution in [3.63, 3.8) is 0 Å². The van der Waals surface area contributed by atoms with Gasteiger partial charge in [0.15, 0.2) is 5.76 Å². The molecule has 4 rings (SSSR count). The first-order chi connectivity index (χ1) is 18.4. The van der Waals surface area contributed by atoms with Crippen LogP contribution in [0.1, 0.15) is 48.4 Å². The Hall–Kier alpha value is -3.82. The van der Waals surface area contributed by atoms with Crippen molar-refractivity contribution < 1.29 is 31.6 Å². The van der Waals surface area contributed by atoms with Gasteiger partial charge in [-0.1, -0.05) is 26.0 Å². The summed E-state index contributed by atoms with van der Waals surface area (Å²) in [5.41, 5.74) is 1.01. The van der Waals surface area contributed by atoms with E-state index in [1.165, 1.54) is 30.3 Å². The van der Waals surface area contributed by atoms with E-state index in [0.717, 1.165) is 36.3 Å². The number of nitrogens with zero attached hydrogens (tertiary/aromatic N) is 1. The van der Waals surface area contributed by atoms with E-state index in [0.29, 0.717) is 26.1 Å². The molecule has 2 amide bonds. The summed E-state index contributed by atoms with van der Waals surface area (Å²) in [7, 11) is 0. The number of hydrogen-bond donors (Lipinski definition) is 2. The van der Waals surface area contributed by atoms with E-state index in [9.17, 15) is 27.2 Å². The fraction of sp³-hybridized carbons (Fsp3) is 0.379. The van der Waals surface area contributed by atoms with Crippen LogP contribution in [0.2, 0.25) is 0 Å². The second-order valence-electron chi connectivity index (χ2n) is 10.4. The van der Waals surface area contributed by atoms with E-state index in [1.807, 2.05) is 13.8 Å². The zero-order valence-electron chi connectivity index (χ0n) is 21.8. The Labute approximate surface area is 224 Å². The second kappa shape index (κ2) is 11.5. The van der Waals surface area contributed by atoms with Crippen molar-refractivity contribution in [1.29, 1.82) is 0 Å². The minimum Gasteiger partial charge on any atom is -0.451 e. The van der Waals surface area contributed by atoms with Gasteiger partial charge in [-0.3, -0.25) is 9.59 Å². The molecule has 2 aromatic carbocycles. The Morgan fingerprint density at radius 2 is 1.79 bits per heavy atom. The molecule has 10 heteroatoms. The number of furan rings is 1. The zero-order chi connectivity index (χ0) is 28.2. The van der Waals surface area contributed by atoms with Crippen molar-refractivity contribution in [2.24, 2.45) is 5.41 Å². The molecule has 1 aromatic heterocycles. The van der Waals surface area contributed by atoms with Crippen LogP contribution in [-0.4, -0.2) is 38.0 Å². The monoisotopic (exact) mass is 545 g/mol. The summed E-state index contributed by atoms with van der Waals surface area (Å²) < 4.78 is 57.8. The first kappa shape index (κ1) is 28.2. The molecule has 0 fully saturated rings. The molecule has 0 bridgehead atoms. The second-order valence-corrected chi connectivity index (χ2v) is 10.4. The Kier molecular flexibility index (Phi) is 8.32. The van der Waals surface area contributed by atoms with Gasteiger partial charge in [-0.2, -0.15) is 13.2 Å². The van der Waals surface area contributed by atoms with Gasteiger partial charge in [0.25, 0.3) is 5.91 Å². The largest absolute Gasteiger partial charge is 0.451 e. The molecule has 0 spiro atoms. The van der Waals surface area contributed by atoms with E-state index >= 15 is 0 Å². The molecule has 0 unspecified atom stereocenters. The highest BCUT2D eigenvalue weighted by molar-refractivity contribution is 5.92. The number of anilines is 1. The van der Waals surface area contributed by atoms with Gasteiger partial charge in [-0.05, 0) is 66.3 Å². The fourth-order valence-electron chi connectivity index (χ4n) is 4.65. The quantitative estimate of drug-likeness (QED) is 0.315. The molecule has 2 N–H and O–H groups in total. The first-order valence-corrected chi connectivity index (χ1v) is 12.8. The molecule has 3 aromatic rings. The van der Waals surface area contributed by atoms with Gasteiger partial charge < -0.3 is 20.0 Å². The average Bonchev–Trinajstić information content (AvgIpc) is 3.51. The lowest BCUT2D eigenvalue weighted by atomic mass is 9.85. The van der Waals surface area contributed by atoms with Gasteiger partial charge >= 0.3 is 6.18 Å². The molecule has 0 saturated heterocycles. The number of halogens is 4. The lowest BCUT2D eigenvalue weighted by molar-refractivity contribution is -0.137. The topological polar surface area (TPSA) is 74.6 Å². The SMILES string of the molecule is CC(C)(CCNC(=O)c1ccc(-c2cccc(C(F)(F)F)c2)o1)CC(=O)NCCN1CCc2cc(F)ccc21. The maximum absolute atomic E-state index is 13.4. The number of carbonyl (C=O) groups is 2. The van der Waals surface area contributed by atoms with Crippen molar-refractivity contribution in [2.75, 3.05) is 31.1 Å². The summed E-state index contributed by atoms with van der Waals surface area (Å²) in [6, 6.07) is 12.3. The van der Waals surface area contributed by atoms with E-state index in [2.05, 4.69) is 15.5 Å². The van der Waals surface area contributed by atoms with Crippen LogP contribution < -0.4 is 15.5 Å². The van der Waals surface area contributed by atoms with E-state index in [4.69, 9.17) is 4.42 Å². The van der Waals surface area contributed by atoms with Gasteiger partial charge in [0.2, 0.25) is 5.91 Å². The number of amides is 2. The molecule has 208 valence electrons. The molecule has 2 heterocycles. The first-order valence-electron chi connectivity index (χ1n) is 12.8. The molecule has 39 heavy (non-hydrogen) atoms. The number of nitrogens with one attached hydrogen (secondary N) is 2. The van der Waals surface area contributed by atoms with Gasteiger partial charge in [-0.25, -0.2) is 4.39 Å². The highest BCUT2D eigenvalue weighted by Crippen LogP contribution is 2.33. The minimum absolute atomic E-state index is 0.0100. The average molecular weight is 546 g/mol. The Balaban J connectivity index is 1.20. The molecular weight excluding hydrogens is 514 g/mol. The summed E-state index contributed by atoms with van der Waals surface area (Å²) in [5, 5.41) is 5.68. The molecule has 0 atom stereocenters. The van der Waals surface area contributed by atoms with Crippen LogP contribution in [0.5, 0.6) is 0 Å². The van der Waals surface area contributed by atoms with Crippen LogP contribution in [0.25, 0.3) is 11.3 Å². The highest BCUT2D eigenvalue weighted by Gasteiger charge is 2.31. The fourth-order valence-corrected chi connectivity index (χ4v) is 4.65. The highest BCUT2D eigenvalue weighted by atomic mass is 19.4. The molecule has 6 nitrogen and oxygen atoms in total. The van der Waals surface area contributed by atoms with Gasteiger partial charge in [0, 0.05) is 43.9 Å². The number of fused-ring (bicyclic) bond motifs is 1. The van der Waals surface area contributed by atoms with E-state index in [-0.39, 0.29) is 40.6 Å². The lowest BCUT2D eigenvalue weighted by Gasteiger charge is -2.25. The summed E-state index contributed by atoms with van der Waals surface area (Å²) in [4.78, 5) is 27.1. The zero-order valence-corrected chi connectivity index (χ0v) is 21.8. The Morgan fingerprint density at radius 3 is 2.56 bits per heavy atom. The lowest BCUT2D eigenvalue weighted by Crippen LogP contribution is -2.36. The summed E-state index contributed by atoms with van der Waals surface area (Å²) >= 11 is 0. The summed E-state index contributed by atoms with van der Waals surface area (Å²) in [6.07, 6.45) is -2.90. The van der Waals surface area contributed by atoms with Crippen LogP contribution in [0.3, 0.4) is 0 Å². The molecule has 1 aliphatic rings. The van der Waals surface area contributed by atoms with Gasteiger partial charge in [0.05, 0.1) is 5.56 Å². The Morgan fingerprint density at radius 1 is 1.00 bits per heavy atom. The van der Waals surface area contributed by atoms with Crippen molar-refractivity contribution in [3.8, 4) is 11.3 Å². The molecule has 0 saturated carbocycles. The Bertz CT molecular complexity index is 1330. The van der Waals surface area contributed by atoms with Crippen LogP contribution in [0, 0.1) is 11.2 Å². The van der Waals surface area contributed by atoms with Crippen molar-refractivity contribution in [3.05, 3.63) is 77.3 Å². The third-order valence-electron chi connectivity index (χ3n) is 6.77. The maximum atomic E-state index is 13.4. The van der Waals surface area contributed by atoms with Crippen LogP contribution in [-0.2, 0) is 17.4 Å². The number of hydrogen-bond acceptors (Lipinski definition) is 4. The van der Waals surface area contributed by atoms with Crippen molar-refractivity contribution in [1.82, 2.24) is 10.6 Å². The standard InChI is InChI=1S/C29H31F4N3O3/c1-28(2,18-26(37)34-13-15-36-14-10-19-17-22(30)6-7-23(19)36)11-12-35-27(38)25-9-8-24(39-25)20-4-3-5-21(16-20)29(31,32)33/h3-9,16-17H,10-15,18H2,1-2H3,(H,34,37)(H,35,38). The molecule has 0 aliphatic carbocycles. The smallest absolute Gasteiger partial charge is 0.416 e. The predicted molar refractivity (Wildman–Crippen MR) is 140 cm³/mol. The molecular formula is C29H31F4N3O3. The van der Waals surface area contributed by atoms with Crippen molar-refractivity contribution in [2.45, 2.75) is 39.3 Å². The number of alkyl halides is 3. The minimum atomic E-state index is -4.48. The van der Waals surface area contributed by atoms with Crippen molar-refractivity contribution >= 4 is 17.5 Å². The number of carbonyl (C=O) groups excluding carboxylic acids is 2. The van der Waals surface area contributed by atoms with Crippen LogP contribution in [0.15, 0.2) is 59.0 Å². The number of benzene rings is 2. The van der Waals surface area contributed by atoms with Gasteiger partial charge in [-0.15, -0.1) is 0 Å². The van der Waals surface area contributed by atoms with E-state index < -0.39 is 17.6 Å². The third kappa shape index (κ3) is 7.40.